The fourth-order valence-electron chi connectivity index (χ4n) is 2.49. The predicted molar refractivity (Wildman–Crippen MR) is 77.4 cm³/mol. The molecular weight excluding hydrogens is 254 g/mol. The Hall–Kier alpha value is -1.39. The number of esters is 1. The Morgan fingerprint density at radius 3 is 2.70 bits per heavy atom. The molecule has 4 nitrogen and oxygen atoms in total. The third-order valence-electron chi connectivity index (χ3n) is 3.77. The molecule has 1 aromatic carbocycles. The highest BCUT2D eigenvalue weighted by atomic mass is 16.5. The van der Waals surface area contributed by atoms with Gasteiger partial charge in [0.15, 0.2) is 0 Å². The van der Waals surface area contributed by atoms with E-state index >= 15 is 0 Å². The Bertz CT molecular complexity index is 427. The van der Waals surface area contributed by atoms with Crippen LogP contribution >= 0.6 is 0 Å². The van der Waals surface area contributed by atoms with E-state index in [2.05, 4.69) is 11.4 Å². The van der Waals surface area contributed by atoms with Crippen LogP contribution in [0.3, 0.4) is 0 Å². The molecule has 0 unspecified atom stereocenters. The highest BCUT2D eigenvalue weighted by Gasteiger charge is 2.13. The van der Waals surface area contributed by atoms with Gasteiger partial charge in [-0.05, 0) is 36.4 Å². The average molecular weight is 277 g/mol. The van der Waals surface area contributed by atoms with Crippen molar-refractivity contribution in [3.63, 3.8) is 0 Å². The summed E-state index contributed by atoms with van der Waals surface area (Å²) in [6.07, 6.45) is 2.61. The van der Waals surface area contributed by atoms with Gasteiger partial charge < -0.3 is 14.8 Å². The normalized spacial score (nSPS) is 16.1. The van der Waals surface area contributed by atoms with Gasteiger partial charge in [-0.25, -0.2) is 0 Å². The molecule has 0 amide bonds. The lowest BCUT2D eigenvalue weighted by atomic mass is 10.00. The fourth-order valence-corrected chi connectivity index (χ4v) is 2.49. The largest absolute Gasteiger partial charge is 0.469 e. The first-order chi connectivity index (χ1) is 9.79. The van der Waals surface area contributed by atoms with Gasteiger partial charge in [0.1, 0.15) is 0 Å². The first-order valence-corrected chi connectivity index (χ1v) is 7.21. The second-order valence-corrected chi connectivity index (χ2v) is 5.21. The van der Waals surface area contributed by atoms with Crippen LogP contribution in [0.25, 0.3) is 0 Å². The van der Waals surface area contributed by atoms with E-state index in [0.717, 1.165) is 44.7 Å². The van der Waals surface area contributed by atoms with Gasteiger partial charge in [-0.2, -0.15) is 0 Å². The van der Waals surface area contributed by atoms with E-state index in [9.17, 15) is 4.79 Å². The molecule has 110 valence electrons. The Morgan fingerprint density at radius 2 is 2.00 bits per heavy atom. The standard InChI is InChI=1S/C16H23NO3/c1-19-16(18)10-14-4-2-3-5-15(14)12-17-11-13-6-8-20-9-7-13/h2-5,13,17H,6-12H2,1H3. The van der Waals surface area contributed by atoms with Gasteiger partial charge in [-0.15, -0.1) is 0 Å². The van der Waals surface area contributed by atoms with E-state index in [1.807, 2.05) is 18.2 Å². The van der Waals surface area contributed by atoms with Crippen LogP contribution in [0.1, 0.15) is 24.0 Å². The van der Waals surface area contributed by atoms with Gasteiger partial charge in [0.2, 0.25) is 0 Å². The Balaban J connectivity index is 1.83. The molecule has 20 heavy (non-hydrogen) atoms. The maximum Gasteiger partial charge on any atom is 0.309 e. The summed E-state index contributed by atoms with van der Waals surface area (Å²) in [4.78, 5) is 11.4. The van der Waals surface area contributed by atoms with Crippen LogP contribution in [0.5, 0.6) is 0 Å². The maximum atomic E-state index is 11.4. The molecule has 0 radical (unpaired) electrons. The van der Waals surface area contributed by atoms with Crippen molar-refractivity contribution in [2.75, 3.05) is 26.9 Å². The van der Waals surface area contributed by atoms with E-state index in [1.165, 1.54) is 12.7 Å². The van der Waals surface area contributed by atoms with Gasteiger partial charge in [0, 0.05) is 19.8 Å². The molecule has 0 bridgehead atoms. The van der Waals surface area contributed by atoms with Crippen molar-refractivity contribution in [3.05, 3.63) is 35.4 Å². The minimum absolute atomic E-state index is 0.193. The summed E-state index contributed by atoms with van der Waals surface area (Å²) in [6.45, 7) is 3.57. The van der Waals surface area contributed by atoms with Crippen molar-refractivity contribution in [2.45, 2.75) is 25.8 Å². The number of nitrogens with one attached hydrogen (secondary N) is 1. The lowest BCUT2D eigenvalue weighted by Crippen LogP contribution is -2.27. The topological polar surface area (TPSA) is 47.6 Å². The fraction of sp³-hybridized carbons (Fsp3) is 0.562. The molecule has 1 saturated heterocycles. The second-order valence-electron chi connectivity index (χ2n) is 5.21. The van der Waals surface area contributed by atoms with E-state index in [-0.39, 0.29) is 5.97 Å². The van der Waals surface area contributed by atoms with Crippen molar-refractivity contribution < 1.29 is 14.3 Å². The minimum Gasteiger partial charge on any atom is -0.469 e. The van der Waals surface area contributed by atoms with Crippen LogP contribution in [-0.2, 0) is 27.2 Å². The molecule has 4 heteroatoms. The average Bonchev–Trinajstić information content (AvgIpc) is 2.50. The number of hydrogen-bond donors (Lipinski definition) is 1. The molecular formula is C16H23NO3. The first kappa shape index (κ1) is 15.0. The number of benzene rings is 1. The molecule has 0 saturated carbocycles. The Labute approximate surface area is 120 Å². The summed E-state index contributed by atoms with van der Waals surface area (Å²) in [7, 11) is 1.42. The summed E-state index contributed by atoms with van der Waals surface area (Å²) >= 11 is 0. The maximum absolute atomic E-state index is 11.4. The smallest absolute Gasteiger partial charge is 0.309 e. The number of carbonyl (C=O) groups excluding carboxylic acids is 1. The van der Waals surface area contributed by atoms with E-state index in [1.54, 1.807) is 0 Å². The zero-order chi connectivity index (χ0) is 14.2. The summed E-state index contributed by atoms with van der Waals surface area (Å²) in [5, 5.41) is 3.50. The lowest BCUT2D eigenvalue weighted by Gasteiger charge is -2.22. The van der Waals surface area contributed by atoms with Crippen LogP contribution in [0, 0.1) is 5.92 Å². The van der Waals surface area contributed by atoms with Gasteiger partial charge >= 0.3 is 5.97 Å². The summed E-state index contributed by atoms with van der Waals surface area (Å²) in [5.41, 5.74) is 2.21. The van der Waals surface area contributed by atoms with Crippen LogP contribution < -0.4 is 5.32 Å². The van der Waals surface area contributed by atoms with Crippen LogP contribution in [0.4, 0.5) is 0 Å². The molecule has 0 spiro atoms. The minimum atomic E-state index is -0.193. The summed E-state index contributed by atoms with van der Waals surface area (Å²) < 4.78 is 10.1. The van der Waals surface area contributed by atoms with E-state index in [0.29, 0.717) is 12.3 Å². The molecule has 1 aromatic rings. The summed E-state index contributed by atoms with van der Waals surface area (Å²) in [6, 6.07) is 8.02. The number of ether oxygens (including phenoxy) is 2. The quantitative estimate of drug-likeness (QED) is 0.807. The molecule has 0 atom stereocenters. The van der Waals surface area contributed by atoms with Crippen molar-refractivity contribution in [3.8, 4) is 0 Å². The number of rotatable bonds is 6. The zero-order valence-corrected chi connectivity index (χ0v) is 12.1. The van der Waals surface area contributed by atoms with E-state index in [4.69, 9.17) is 9.47 Å². The molecule has 1 fully saturated rings. The van der Waals surface area contributed by atoms with Crippen LogP contribution in [-0.4, -0.2) is 32.8 Å². The molecule has 2 rings (SSSR count). The van der Waals surface area contributed by atoms with Crippen molar-refractivity contribution >= 4 is 5.97 Å². The third-order valence-corrected chi connectivity index (χ3v) is 3.77. The SMILES string of the molecule is COC(=O)Cc1ccccc1CNCC1CCOCC1. The predicted octanol–water partition coefficient (Wildman–Crippen LogP) is 1.92. The lowest BCUT2D eigenvalue weighted by molar-refractivity contribution is -0.139. The molecule has 1 N–H and O–H groups in total. The second kappa shape index (κ2) is 8.02. The highest BCUT2D eigenvalue weighted by molar-refractivity contribution is 5.72. The van der Waals surface area contributed by atoms with Crippen LogP contribution in [0.2, 0.25) is 0 Å². The molecule has 1 heterocycles. The van der Waals surface area contributed by atoms with Crippen molar-refractivity contribution in [1.29, 1.82) is 0 Å². The van der Waals surface area contributed by atoms with Crippen molar-refractivity contribution in [1.82, 2.24) is 5.32 Å². The number of methoxy groups -OCH3 is 1. The highest BCUT2D eigenvalue weighted by Crippen LogP contribution is 2.14. The number of carbonyl (C=O) groups is 1. The van der Waals surface area contributed by atoms with Crippen LogP contribution in [0.15, 0.2) is 24.3 Å². The first-order valence-electron chi connectivity index (χ1n) is 7.21. The third kappa shape index (κ3) is 4.62. The summed E-state index contributed by atoms with van der Waals surface area (Å²) in [5.74, 6) is 0.512. The molecule has 0 aliphatic carbocycles. The Kier molecular flexibility index (Phi) is 6.02. The monoisotopic (exact) mass is 277 g/mol. The van der Waals surface area contributed by atoms with Crippen molar-refractivity contribution in [2.24, 2.45) is 5.92 Å². The van der Waals surface area contributed by atoms with Gasteiger partial charge in [0.05, 0.1) is 13.5 Å². The molecule has 1 aliphatic rings. The van der Waals surface area contributed by atoms with Gasteiger partial charge in [0.25, 0.3) is 0 Å². The Morgan fingerprint density at radius 1 is 1.30 bits per heavy atom. The molecule has 0 aromatic heterocycles. The molecule has 1 aliphatic heterocycles. The van der Waals surface area contributed by atoms with Gasteiger partial charge in [-0.3, -0.25) is 4.79 Å². The van der Waals surface area contributed by atoms with Gasteiger partial charge in [-0.1, -0.05) is 24.3 Å². The zero-order valence-electron chi connectivity index (χ0n) is 12.1. The van der Waals surface area contributed by atoms with E-state index < -0.39 is 0 Å². The number of hydrogen-bond acceptors (Lipinski definition) is 4.